The number of carbonyl (C=O) groups excluding carboxylic acids is 2. The maximum atomic E-state index is 13.2. The predicted molar refractivity (Wildman–Crippen MR) is 130 cm³/mol. The molecule has 9 heteroatoms. The summed E-state index contributed by atoms with van der Waals surface area (Å²) in [5, 5.41) is 0. The van der Waals surface area contributed by atoms with Crippen molar-refractivity contribution in [1.29, 1.82) is 0 Å². The van der Waals surface area contributed by atoms with Gasteiger partial charge in [-0.15, -0.1) is 0 Å². The quantitative estimate of drug-likeness (QED) is 0.398. The molecule has 36 heavy (non-hydrogen) atoms. The van der Waals surface area contributed by atoms with Crippen molar-refractivity contribution in [3.8, 4) is 0 Å². The number of hydrogen-bond donors (Lipinski definition) is 0. The zero-order valence-corrected chi connectivity index (χ0v) is 21.1. The monoisotopic (exact) mass is 505 g/mol. The molecule has 0 radical (unpaired) electrons. The van der Waals surface area contributed by atoms with Crippen LogP contribution in [0.2, 0.25) is 0 Å². The van der Waals surface area contributed by atoms with Crippen LogP contribution in [0, 0.1) is 5.92 Å². The Morgan fingerprint density at radius 3 is 2.28 bits per heavy atom. The summed E-state index contributed by atoms with van der Waals surface area (Å²) in [5.74, 6) is 0.0404. The van der Waals surface area contributed by atoms with E-state index in [0.29, 0.717) is 18.7 Å². The summed E-state index contributed by atoms with van der Waals surface area (Å²) in [6.07, 6.45) is -3.65. The van der Waals surface area contributed by atoms with Gasteiger partial charge in [0.25, 0.3) is 5.91 Å². The minimum Gasteiger partial charge on any atom is -0.376 e. The van der Waals surface area contributed by atoms with E-state index in [-0.39, 0.29) is 36.4 Å². The molecule has 6 nitrogen and oxygen atoms in total. The van der Waals surface area contributed by atoms with E-state index in [1.54, 1.807) is 24.3 Å². The maximum Gasteiger partial charge on any atom is 0.391 e. The van der Waals surface area contributed by atoms with Crippen LogP contribution in [0.15, 0.2) is 36.4 Å². The van der Waals surface area contributed by atoms with Gasteiger partial charge in [-0.2, -0.15) is 13.2 Å². The number of Topliss-reactive ketones (excluding diaryl/α,β-unsaturated/α-hetero) is 1. The number of alkyl halides is 3. The molecular formula is C27H34F3N3O3. The molecule has 2 aromatic rings. The van der Waals surface area contributed by atoms with Crippen LogP contribution in [0.5, 0.6) is 0 Å². The molecule has 0 bridgehead atoms. The van der Waals surface area contributed by atoms with Crippen molar-refractivity contribution in [3.05, 3.63) is 58.9 Å². The van der Waals surface area contributed by atoms with Gasteiger partial charge >= 0.3 is 6.18 Å². The Morgan fingerprint density at radius 1 is 1.00 bits per heavy atom. The van der Waals surface area contributed by atoms with Gasteiger partial charge in [0.05, 0.1) is 30.9 Å². The first-order valence-electron chi connectivity index (χ1n) is 12.5. The third-order valence-corrected chi connectivity index (χ3v) is 7.50. The zero-order valence-electron chi connectivity index (χ0n) is 21.1. The molecule has 0 atom stereocenters. The summed E-state index contributed by atoms with van der Waals surface area (Å²) in [6, 6.07) is 10.9. The van der Waals surface area contributed by atoms with E-state index in [2.05, 4.69) is 22.6 Å². The van der Waals surface area contributed by atoms with Crippen LogP contribution in [0.4, 0.5) is 13.2 Å². The average molecular weight is 506 g/mol. The van der Waals surface area contributed by atoms with Gasteiger partial charge in [-0.1, -0.05) is 26.0 Å². The number of benzene rings is 1. The SMILES string of the molecule is CC(C)C(=O)c1ccc2n1CCN(C)C21CCN(C(=O)c2ccc(COCCC(F)(F)F)cc2)CC1. The van der Waals surface area contributed by atoms with Crippen molar-refractivity contribution in [2.24, 2.45) is 5.92 Å². The molecule has 196 valence electrons. The zero-order chi connectivity index (χ0) is 26.1. The summed E-state index contributed by atoms with van der Waals surface area (Å²) < 4.78 is 44.0. The summed E-state index contributed by atoms with van der Waals surface area (Å²) in [5.41, 5.74) is 3.00. The van der Waals surface area contributed by atoms with Crippen molar-refractivity contribution in [2.45, 2.75) is 58.0 Å². The molecule has 1 fully saturated rings. The highest BCUT2D eigenvalue weighted by molar-refractivity contribution is 5.96. The van der Waals surface area contributed by atoms with Gasteiger partial charge in [0.1, 0.15) is 0 Å². The van der Waals surface area contributed by atoms with Crippen LogP contribution in [0.25, 0.3) is 0 Å². The molecule has 2 aliphatic heterocycles. The van der Waals surface area contributed by atoms with Crippen molar-refractivity contribution >= 4 is 11.7 Å². The number of likely N-dealkylation sites (N-methyl/N-ethyl adjacent to an activating group) is 1. The highest BCUT2D eigenvalue weighted by Crippen LogP contribution is 2.42. The molecule has 0 N–H and O–H groups in total. The van der Waals surface area contributed by atoms with E-state index in [9.17, 15) is 22.8 Å². The van der Waals surface area contributed by atoms with Crippen molar-refractivity contribution < 1.29 is 27.5 Å². The molecule has 1 aromatic carbocycles. The summed E-state index contributed by atoms with van der Waals surface area (Å²) >= 11 is 0. The fourth-order valence-corrected chi connectivity index (χ4v) is 5.31. The second-order valence-corrected chi connectivity index (χ2v) is 10.1. The highest BCUT2D eigenvalue weighted by atomic mass is 19.4. The van der Waals surface area contributed by atoms with Crippen LogP contribution in [-0.2, 0) is 23.4 Å². The number of amides is 1. The topological polar surface area (TPSA) is 54.8 Å². The number of piperidine rings is 1. The lowest BCUT2D eigenvalue weighted by Crippen LogP contribution is -2.56. The smallest absolute Gasteiger partial charge is 0.376 e. The van der Waals surface area contributed by atoms with Crippen LogP contribution >= 0.6 is 0 Å². The Kier molecular flexibility index (Phi) is 7.61. The van der Waals surface area contributed by atoms with Crippen LogP contribution < -0.4 is 0 Å². The Hall–Kier alpha value is -2.65. The van der Waals surface area contributed by atoms with E-state index < -0.39 is 12.6 Å². The number of rotatable bonds is 7. The van der Waals surface area contributed by atoms with E-state index in [4.69, 9.17) is 4.74 Å². The Bertz CT molecular complexity index is 1080. The molecule has 2 aliphatic rings. The van der Waals surface area contributed by atoms with Gasteiger partial charge in [0, 0.05) is 43.4 Å². The number of hydrogen-bond acceptors (Lipinski definition) is 4. The van der Waals surface area contributed by atoms with E-state index in [0.717, 1.165) is 42.9 Å². The van der Waals surface area contributed by atoms with E-state index >= 15 is 0 Å². The van der Waals surface area contributed by atoms with E-state index in [1.165, 1.54) is 0 Å². The number of likely N-dealkylation sites (tertiary alicyclic amines) is 1. The normalized spacial score (nSPS) is 18.0. The van der Waals surface area contributed by atoms with Crippen LogP contribution in [0.3, 0.4) is 0 Å². The molecular weight excluding hydrogens is 471 g/mol. The van der Waals surface area contributed by atoms with Crippen LogP contribution in [0.1, 0.15) is 65.2 Å². The van der Waals surface area contributed by atoms with Crippen molar-refractivity contribution in [1.82, 2.24) is 14.4 Å². The number of aromatic nitrogens is 1. The third-order valence-electron chi connectivity index (χ3n) is 7.50. The van der Waals surface area contributed by atoms with Crippen molar-refractivity contribution in [2.75, 3.05) is 33.3 Å². The molecule has 0 aliphatic carbocycles. The van der Waals surface area contributed by atoms with Gasteiger partial charge in [-0.25, -0.2) is 0 Å². The number of ether oxygens (including phenoxy) is 1. The number of ketones is 1. The van der Waals surface area contributed by atoms with Gasteiger partial charge in [-0.05, 0) is 49.7 Å². The maximum absolute atomic E-state index is 13.2. The average Bonchev–Trinajstić information content (AvgIpc) is 3.28. The lowest BCUT2D eigenvalue weighted by atomic mass is 9.81. The first-order valence-corrected chi connectivity index (χ1v) is 12.5. The molecule has 1 spiro atoms. The molecule has 3 heterocycles. The molecule has 4 rings (SSSR count). The fraction of sp³-hybridized carbons (Fsp3) is 0.556. The van der Waals surface area contributed by atoms with Gasteiger partial charge in [-0.3, -0.25) is 14.5 Å². The number of carbonyl (C=O) groups is 2. The van der Waals surface area contributed by atoms with Crippen LogP contribution in [-0.4, -0.2) is 65.5 Å². The standard InChI is InChI=1S/C27H34F3N3O3/c1-19(2)24(34)22-8-9-23-26(31(3)15-16-33(22)23)10-13-32(14-11-26)25(35)21-6-4-20(5-7-21)18-36-17-12-27(28,29)30/h4-9,19H,10-18H2,1-3H3. The number of fused-ring (bicyclic) bond motifs is 2. The van der Waals surface area contributed by atoms with E-state index in [1.807, 2.05) is 24.8 Å². The molecule has 0 unspecified atom stereocenters. The lowest BCUT2D eigenvalue weighted by Gasteiger charge is -2.50. The first kappa shape index (κ1) is 26.4. The second kappa shape index (κ2) is 10.4. The number of nitrogens with zero attached hydrogens (tertiary/aromatic N) is 3. The summed E-state index contributed by atoms with van der Waals surface area (Å²) in [7, 11) is 2.12. The minimum atomic E-state index is -4.23. The Balaban J connectivity index is 1.39. The largest absolute Gasteiger partial charge is 0.391 e. The van der Waals surface area contributed by atoms with Crippen molar-refractivity contribution in [3.63, 3.8) is 0 Å². The third kappa shape index (κ3) is 5.37. The molecule has 0 saturated carbocycles. The second-order valence-electron chi connectivity index (χ2n) is 10.1. The summed E-state index contributed by atoms with van der Waals surface area (Å²) in [6.45, 7) is 6.36. The van der Waals surface area contributed by atoms with Gasteiger partial charge in [0.15, 0.2) is 5.78 Å². The van der Waals surface area contributed by atoms with Gasteiger partial charge in [0.2, 0.25) is 0 Å². The fourth-order valence-electron chi connectivity index (χ4n) is 5.31. The molecule has 1 saturated heterocycles. The highest BCUT2D eigenvalue weighted by Gasteiger charge is 2.45. The first-order chi connectivity index (χ1) is 17.0. The Labute approximate surface area is 210 Å². The minimum absolute atomic E-state index is 0.0566. The lowest BCUT2D eigenvalue weighted by molar-refractivity contribution is -0.146. The summed E-state index contributed by atoms with van der Waals surface area (Å²) in [4.78, 5) is 30.1. The molecule has 1 aromatic heterocycles. The number of halogens is 3. The molecule has 1 amide bonds. The predicted octanol–water partition coefficient (Wildman–Crippen LogP) is 4.87. The Morgan fingerprint density at radius 2 is 1.67 bits per heavy atom. The van der Waals surface area contributed by atoms with Gasteiger partial charge < -0.3 is 14.2 Å².